The first kappa shape index (κ1) is 16.1. The fraction of sp³-hybridized carbons (Fsp3) is 0.571. The summed E-state index contributed by atoms with van der Waals surface area (Å²) in [6, 6.07) is 1.90. The maximum Gasteiger partial charge on any atom is 0.245 e. The zero-order chi connectivity index (χ0) is 15.3. The lowest BCUT2D eigenvalue weighted by molar-refractivity contribution is -0.131. The van der Waals surface area contributed by atoms with Crippen LogP contribution in [0.15, 0.2) is 6.07 Å². The molecule has 1 rings (SSSR count). The molecule has 1 aromatic heterocycles. The maximum absolute atomic E-state index is 12.0. The molecule has 0 atom stereocenters. The highest BCUT2D eigenvalue weighted by molar-refractivity contribution is 5.90. The minimum Gasteiger partial charge on any atom is -0.354 e. The van der Waals surface area contributed by atoms with Crippen LogP contribution < -0.4 is 10.6 Å². The van der Waals surface area contributed by atoms with Crippen LogP contribution in [-0.4, -0.2) is 33.9 Å². The number of carbonyl (C=O) groups excluding carboxylic acids is 2. The molecule has 0 spiro atoms. The van der Waals surface area contributed by atoms with Crippen molar-refractivity contribution in [2.75, 3.05) is 6.54 Å². The van der Waals surface area contributed by atoms with Crippen LogP contribution in [0.3, 0.4) is 0 Å². The molecule has 20 heavy (non-hydrogen) atoms. The highest BCUT2D eigenvalue weighted by Gasteiger charge is 2.27. The zero-order valence-corrected chi connectivity index (χ0v) is 12.7. The summed E-state index contributed by atoms with van der Waals surface area (Å²) in [7, 11) is 0. The fourth-order valence-corrected chi connectivity index (χ4v) is 1.92. The van der Waals surface area contributed by atoms with Crippen molar-refractivity contribution in [3.8, 4) is 0 Å². The predicted molar refractivity (Wildman–Crippen MR) is 76.1 cm³/mol. The first-order chi connectivity index (χ1) is 9.20. The van der Waals surface area contributed by atoms with Crippen LogP contribution in [0.25, 0.3) is 0 Å². The molecule has 0 aliphatic rings. The van der Waals surface area contributed by atoms with E-state index in [4.69, 9.17) is 0 Å². The molecule has 6 heteroatoms. The molecule has 1 heterocycles. The van der Waals surface area contributed by atoms with Gasteiger partial charge in [-0.15, -0.1) is 0 Å². The second-order valence-corrected chi connectivity index (χ2v) is 5.38. The van der Waals surface area contributed by atoms with Gasteiger partial charge in [0.05, 0.1) is 0 Å². The number of rotatable bonds is 5. The Morgan fingerprint density at radius 2 is 1.75 bits per heavy atom. The minimum absolute atomic E-state index is 0.225. The van der Waals surface area contributed by atoms with E-state index in [1.54, 1.807) is 13.8 Å². The molecule has 0 aliphatic heterocycles. The number of carbonyl (C=O) groups is 2. The molecular formula is C14H22N4O2. The van der Waals surface area contributed by atoms with Gasteiger partial charge in [-0.25, -0.2) is 9.97 Å². The standard InChI is InChI=1S/C14H22N4O2/c1-9-8-10(2)17-12(16-9)6-7-15-13(20)14(4,5)18-11(3)19/h8H,6-7H2,1-5H3,(H,15,20)(H,18,19). The van der Waals surface area contributed by atoms with Crippen molar-refractivity contribution in [1.82, 2.24) is 20.6 Å². The van der Waals surface area contributed by atoms with Gasteiger partial charge in [-0.05, 0) is 33.8 Å². The van der Waals surface area contributed by atoms with Crippen molar-refractivity contribution in [3.63, 3.8) is 0 Å². The van der Waals surface area contributed by atoms with Crippen LogP contribution in [0.1, 0.15) is 38.0 Å². The van der Waals surface area contributed by atoms with Crippen molar-refractivity contribution < 1.29 is 9.59 Å². The van der Waals surface area contributed by atoms with Gasteiger partial charge in [0.25, 0.3) is 0 Å². The third-order valence-corrected chi connectivity index (χ3v) is 2.72. The van der Waals surface area contributed by atoms with E-state index < -0.39 is 5.54 Å². The lowest BCUT2D eigenvalue weighted by atomic mass is 10.0. The lowest BCUT2D eigenvalue weighted by Crippen LogP contribution is -2.54. The summed E-state index contributed by atoms with van der Waals surface area (Å²) in [6.07, 6.45) is 0.560. The smallest absolute Gasteiger partial charge is 0.245 e. The number of hydrogen-bond donors (Lipinski definition) is 2. The summed E-state index contributed by atoms with van der Waals surface area (Å²) in [4.78, 5) is 31.6. The van der Waals surface area contributed by atoms with Gasteiger partial charge in [0.2, 0.25) is 11.8 Å². The summed E-state index contributed by atoms with van der Waals surface area (Å²) < 4.78 is 0. The topological polar surface area (TPSA) is 84.0 Å². The molecule has 0 saturated carbocycles. The minimum atomic E-state index is -0.921. The Hall–Kier alpha value is -1.98. The highest BCUT2D eigenvalue weighted by Crippen LogP contribution is 2.03. The normalized spacial score (nSPS) is 11.1. The summed E-state index contributed by atoms with van der Waals surface area (Å²) >= 11 is 0. The number of aryl methyl sites for hydroxylation is 2. The van der Waals surface area contributed by atoms with Crippen LogP contribution in [-0.2, 0) is 16.0 Å². The molecule has 1 aromatic rings. The summed E-state index contributed by atoms with van der Waals surface area (Å²) in [5.41, 5.74) is 0.907. The molecule has 0 bridgehead atoms. The Morgan fingerprint density at radius 1 is 1.20 bits per heavy atom. The van der Waals surface area contributed by atoms with E-state index in [2.05, 4.69) is 20.6 Å². The Kier molecular flexibility index (Phi) is 5.19. The van der Waals surface area contributed by atoms with E-state index in [0.717, 1.165) is 11.4 Å². The zero-order valence-electron chi connectivity index (χ0n) is 12.7. The van der Waals surface area contributed by atoms with E-state index in [1.165, 1.54) is 6.92 Å². The van der Waals surface area contributed by atoms with Crippen LogP contribution in [0.2, 0.25) is 0 Å². The summed E-state index contributed by atoms with van der Waals surface area (Å²) in [5.74, 6) is 0.250. The average Bonchev–Trinajstić information content (AvgIpc) is 2.25. The number of hydrogen-bond acceptors (Lipinski definition) is 4. The van der Waals surface area contributed by atoms with E-state index in [-0.39, 0.29) is 11.8 Å². The maximum atomic E-state index is 12.0. The van der Waals surface area contributed by atoms with Crippen LogP contribution >= 0.6 is 0 Å². The second-order valence-electron chi connectivity index (χ2n) is 5.38. The van der Waals surface area contributed by atoms with Crippen molar-refractivity contribution in [2.24, 2.45) is 0 Å². The van der Waals surface area contributed by atoms with E-state index in [9.17, 15) is 9.59 Å². The Morgan fingerprint density at radius 3 is 2.25 bits per heavy atom. The molecule has 0 radical (unpaired) electrons. The van der Waals surface area contributed by atoms with Gasteiger partial charge in [0, 0.05) is 31.3 Å². The second kappa shape index (κ2) is 6.45. The first-order valence-electron chi connectivity index (χ1n) is 6.59. The third kappa shape index (κ3) is 4.95. The molecule has 0 saturated heterocycles. The van der Waals surface area contributed by atoms with Gasteiger partial charge in [-0.1, -0.05) is 0 Å². The fourth-order valence-electron chi connectivity index (χ4n) is 1.92. The highest BCUT2D eigenvalue weighted by atomic mass is 16.2. The van der Waals surface area contributed by atoms with Crippen LogP contribution in [0, 0.1) is 13.8 Å². The lowest BCUT2D eigenvalue weighted by Gasteiger charge is -2.24. The van der Waals surface area contributed by atoms with E-state index >= 15 is 0 Å². The number of aromatic nitrogens is 2. The van der Waals surface area contributed by atoms with Crippen molar-refractivity contribution >= 4 is 11.8 Å². The van der Waals surface area contributed by atoms with Gasteiger partial charge in [0.1, 0.15) is 11.4 Å². The predicted octanol–water partition coefficient (Wildman–Crippen LogP) is 0.667. The molecule has 0 fully saturated rings. The Labute approximate surface area is 119 Å². The van der Waals surface area contributed by atoms with Crippen LogP contribution in [0.5, 0.6) is 0 Å². The number of amides is 2. The first-order valence-corrected chi connectivity index (χ1v) is 6.59. The van der Waals surface area contributed by atoms with Crippen molar-refractivity contribution in [1.29, 1.82) is 0 Å². The van der Waals surface area contributed by atoms with E-state index in [0.29, 0.717) is 18.8 Å². The van der Waals surface area contributed by atoms with Gasteiger partial charge < -0.3 is 10.6 Å². The van der Waals surface area contributed by atoms with Crippen LogP contribution in [0.4, 0.5) is 0 Å². The Balaban J connectivity index is 2.51. The third-order valence-electron chi connectivity index (χ3n) is 2.72. The van der Waals surface area contributed by atoms with Gasteiger partial charge >= 0.3 is 0 Å². The summed E-state index contributed by atoms with van der Waals surface area (Å²) in [6.45, 7) is 8.98. The molecule has 110 valence electrons. The van der Waals surface area contributed by atoms with Crippen molar-refractivity contribution in [2.45, 2.75) is 46.6 Å². The summed E-state index contributed by atoms with van der Waals surface area (Å²) in [5, 5.41) is 5.39. The van der Waals surface area contributed by atoms with Gasteiger partial charge in [-0.2, -0.15) is 0 Å². The largest absolute Gasteiger partial charge is 0.354 e. The van der Waals surface area contributed by atoms with Gasteiger partial charge in [-0.3, -0.25) is 9.59 Å². The molecule has 0 aromatic carbocycles. The monoisotopic (exact) mass is 278 g/mol. The molecule has 6 nitrogen and oxygen atoms in total. The van der Waals surface area contributed by atoms with Crippen molar-refractivity contribution in [3.05, 3.63) is 23.3 Å². The average molecular weight is 278 g/mol. The molecule has 2 N–H and O–H groups in total. The Bertz CT molecular complexity index is 492. The molecule has 0 aliphatic carbocycles. The quantitative estimate of drug-likeness (QED) is 0.829. The molecular weight excluding hydrogens is 256 g/mol. The SMILES string of the molecule is CC(=O)NC(C)(C)C(=O)NCCc1nc(C)cc(C)n1. The molecule has 0 unspecified atom stereocenters. The van der Waals surface area contributed by atoms with E-state index in [1.807, 2.05) is 19.9 Å². The number of nitrogens with zero attached hydrogens (tertiary/aromatic N) is 2. The van der Waals surface area contributed by atoms with Gasteiger partial charge in [0.15, 0.2) is 0 Å². The molecule has 2 amide bonds. The number of nitrogens with one attached hydrogen (secondary N) is 2.